The van der Waals surface area contributed by atoms with Crippen LogP contribution in [0, 0.1) is 5.92 Å². The predicted molar refractivity (Wildman–Crippen MR) is 57.4 cm³/mol. The maximum Gasteiger partial charge on any atom is 0.0700 e. The number of rotatable bonds is 3. The maximum atomic E-state index is 5.66. The highest BCUT2D eigenvalue weighted by Gasteiger charge is 2.23. The summed E-state index contributed by atoms with van der Waals surface area (Å²) in [6.45, 7) is 9.12. The third-order valence-electron chi connectivity index (χ3n) is 3.36. The van der Waals surface area contributed by atoms with Crippen molar-refractivity contribution >= 4 is 0 Å². The third kappa shape index (κ3) is 2.69. The number of hydrogen-bond donors (Lipinski definition) is 1. The zero-order valence-electron chi connectivity index (χ0n) is 9.17. The van der Waals surface area contributed by atoms with Crippen molar-refractivity contribution in [1.82, 2.24) is 10.2 Å². The van der Waals surface area contributed by atoms with Gasteiger partial charge in [0.2, 0.25) is 0 Å². The smallest absolute Gasteiger partial charge is 0.0700 e. The second-order valence-electron chi connectivity index (χ2n) is 4.52. The molecule has 0 amide bonds. The molecule has 0 saturated carbocycles. The van der Waals surface area contributed by atoms with Crippen molar-refractivity contribution in [1.29, 1.82) is 0 Å². The molecule has 1 unspecified atom stereocenters. The van der Waals surface area contributed by atoms with Gasteiger partial charge < -0.3 is 10.1 Å². The second-order valence-corrected chi connectivity index (χ2v) is 4.52. The van der Waals surface area contributed by atoms with Gasteiger partial charge in [0.05, 0.1) is 12.7 Å². The topological polar surface area (TPSA) is 24.5 Å². The normalized spacial score (nSPS) is 34.9. The molecule has 0 aromatic heterocycles. The van der Waals surface area contributed by atoms with Crippen molar-refractivity contribution < 1.29 is 4.74 Å². The van der Waals surface area contributed by atoms with E-state index in [0.29, 0.717) is 6.10 Å². The predicted octanol–water partition coefficient (Wildman–Crippen LogP) is 0.707. The Morgan fingerprint density at radius 2 is 2.43 bits per heavy atom. The van der Waals surface area contributed by atoms with Gasteiger partial charge in [-0.2, -0.15) is 0 Å². The van der Waals surface area contributed by atoms with E-state index in [2.05, 4.69) is 17.1 Å². The van der Waals surface area contributed by atoms with E-state index in [9.17, 15) is 0 Å². The fourth-order valence-electron chi connectivity index (χ4n) is 2.43. The van der Waals surface area contributed by atoms with Gasteiger partial charge in [0.25, 0.3) is 0 Å². The summed E-state index contributed by atoms with van der Waals surface area (Å²) in [6.07, 6.45) is 2.99. The fraction of sp³-hybridized carbons (Fsp3) is 1.00. The molecule has 0 bridgehead atoms. The lowest BCUT2D eigenvalue weighted by molar-refractivity contribution is -0.0333. The van der Waals surface area contributed by atoms with Crippen LogP contribution in [0.15, 0.2) is 0 Å². The maximum absolute atomic E-state index is 5.66. The Hall–Kier alpha value is -0.120. The molecule has 2 aliphatic rings. The molecule has 2 rings (SSSR count). The van der Waals surface area contributed by atoms with Crippen LogP contribution in [0.2, 0.25) is 0 Å². The highest BCUT2D eigenvalue weighted by Crippen LogP contribution is 2.14. The van der Waals surface area contributed by atoms with Gasteiger partial charge >= 0.3 is 0 Å². The monoisotopic (exact) mass is 198 g/mol. The summed E-state index contributed by atoms with van der Waals surface area (Å²) in [5, 5.41) is 3.43. The van der Waals surface area contributed by atoms with Gasteiger partial charge in [-0.05, 0) is 31.8 Å². The van der Waals surface area contributed by atoms with Crippen LogP contribution >= 0.6 is 0 Å². The summed E-state index contributed by atoms with van der Waals surface area (Å²) in [4.78, 5) is 2.58. The largest absolute Gasteiger partial charge is 0.376 e. The van der Waals surface area contributed by atoms with Crippen molar-refractivity contribution in [3.63, 3.8) is 0 Å². The molecule has 2 fully saturated rings. The van der Waals surface area contributed by atoms with Crippen LogP contribution in [-0.4, -0.2) is 50.3 Å². The lowest BCUT2D eigenvalue weighted by atomic mass is 10.1. The Kier molecular flexibility index (Phi) is 3.79. The van der Waals surface area contributed by atoms with Gasteiger partial charge in [-0.3, -0.25) is 4.90 Å². The number of nitrogens with one attached hydrogen (secondary N) is 1. The summed E-state index contributed by atoms with van der Waals surface area (Å²) in [6, 6.07) is 0. The molecule has 82 valence electrons. The Labute approximate surface area is 86.8 Å². The van der Waals surface area contributed by atoms with Crippen molar-refractivity contribution in [3.8, 4) is 0 Å². The molecule has 14 heavy (non-hydrogen) atoms. The van der Waals surface area contributed by atoms with Crippen LogP contribution in [0.4, 0.5) is 0 Å². The molecule has 3 heteroatoms. The molecule has 1 N–H and O–H groups in total. The van der Waals surface area contributed by atoms with E-state index >= 15 is 0 Å². The Morgan fingerprint density at radius 1 is 1.50 bits per heavy atom. The van der Waals surface area contributed by atoms with Crippen LogP contribution in [0.5, 0.6) is 0 Å². The lowest BCUT2D eigenvalue weighted by Crippen LogP contribution is -2.44. The highest BCUT2D eigenvalue weighted by atomic mass is 16.5. The second kappa shape index (κ2) is 5.10. The van der Waals surface area contributed by atoms with Crippen LogP contribution in [0.3, 0.4) is 0 Å². The van der Waals surface area contributed by atoms with Crippen molar-refractivity contribution in [3.05, 3.63) is 0 Å². The van der Waals surface area contributed by atoms with Crippen LogP contribution in [0.25, 0.3) is 0 Å². The molecule has 0 radical (unpaired) electrons. The van der Waals surface area contributed by atoms with Gasteiger partial charge in [-0.25, -0.2) is 0 Å². The SMILES string of the molecule is CCC1CN(C[C@H]2CCNC2)CCO1. The van der Waals surface area contributed by atoms with Crippen molar-refractivity contribution in [2.75, 3.05) is 39.3 Å². The van der Waals surface area contributed by atoms with E-state index in [4.69, 9.17) is 4.74 Å². The summed E-state index contributed by atoms with van der Waals surface area (Å²) in [5.41, 5.74) is 0. The zero-order chi connectivity index (χ0) is 9.80. The van der Waals surface area contributed by atoms with E-state index in [1.165, 1.54) is 26.1 Å². The molecular formula is C11H22N2O. The number of morpholine rings is 1. The Morgan fingerprint density at radius 3 is 3.14 bits per heavy atom. The molecule has 2 atom stereocenters. The van der Waals surface area contributed by atoms with E-state index in [0.717, 1.165) is 32.0 Å². The van der Waals surface area contributed by atoms with E-state index < -0.39 is 0 Å². The quantitative estimate of drug-likeness (QED) is 0.723. The number of nitrogens with zero attached hydrogens (tertiary/aromatic N) is 1. The van der Waals surface area contributed by atoms with Gasteiger partial charge in [0.1, 0.15) is 0 Å². The molecule has 0 spiro atoms. The third-order valence-corrected chi connectivity index (χ3v) is 3.36. The molecule has 2 saturated heterocycles. The molecule has 0 aromatic rings. The van der Waals surface area contributed by atoms with E-state index in [-0.39, 0.29) is 0 Å². The van der Waals surface area contributed by atoms with Crippen LogP contribution < -0.4 is 5.32 Å². The molecule has 0 aliphatic carbocycles. The van der Waals surface area contributed by atoms with Gasteiger partial charge in [-0.1, -0.05) is 6.92 Å². The van der Waals surface area contributed by atoms with Crippen LogP contribution in [0.1, 0.15) is 19.8 Å². The molecule has 2 heterocycles. The molecule has 3 nitrogen and oxygen atoms in total. The molecule has 0 aromatic carbocycles. The van der Waals surface area contributed by atoms with Gasteiger partial charge in [0.15, 0.2) is 0 Å². The van der Waals surface area contributed by atoms with Gasteiger partial charge in [-0.15, -0.1) is 0 Å². The van der Waals surface area contributed by atoms with E-state index in [1.54, 1.807) is 0 Å². The van der Waals surface area contributed by atoms with Gasteiger partial charge in [0, 0.05) is 19.6 Å². The minimum atomic E-state index is 0.484. The Bertz CT molecular complexity index is 169. The summed E-state index contributed by atoms with van der Waals surface area (Å²) in [7, 11) is 0. The first-order chi connectivity index (χ1) is 6.88. The molecule has 2 aliphatic heterocycles. The number of ether oxygens (including phenoxy) is 1. The minimum Gasteiger partial charge on any atom is -0.376 e. The van der Waals surface area contributed by atoms with Crippen LogP contribution in [-0.2, 0) is 4.74 Å². The number of hydrogen-bond acceptors (Lipinski definition) is 3. The van der Waals surface area contributed by atoms with Crippen molar-refractivity contribution in [2.45, 2.75) is 25.9 Å². The fourth-order valence-corrected chi connectivity index (χ4v) is 2.43. The molecular weight excluding hydrogens is 176 g/mol. The highest BCUT2D eigenvalue weighted by molar-refractivity contribution is 4.78. The summed E-state index contributed by atoms with van der Waals surface area (Å²) < 4.78 is 5.66. The minimum absolute atomic E-state index is 0.484. The van der Waals surface area contributed by atoms with E-state index in [1.807, 2.05) is 0 Å². The zero-order valence-corrected chi connectivity index (χ0v) is 9.17. The average Bonchev–Trinajstić information content (AvgIpc) is 2.71. The first-order valence-electron chi connectivity index (χ1n) is 5.93. The summed E-state index contributed by atoms with van der Waals surface area (Å²) >= 11 is 0. The lowest BCUT2D eigenvalue weighted by Gasteiger charge is -2.33. The first-order valence-corrected chi connectivity index (χ1v) is 5.93. The summed E-state index contributed by atoms with van der Waals surface area (Å²) in [5.74, 6) is 0.880. The average molecular weight is 198 g/mol. The standard InChI is InChI=1S/C11H22N2O/c1-2-11-9-13(5-6-14-11)8-10-3-4-12-7-10/h10-12H,2-9H2,1H3/t10-,11?/m0/s1. The Balaban J connectivity index is 1.73. The van der Waals surface area contributed by atoms with Crippen molar-refractivity contribution in [2.24, 2.45) is 5.92 Å². The first kappa shape index (κ1) is 10.4.